The Hall–Kier alpha value is -2.37. The number of fused-ring (bicyclic) bond motifs is 1. The zero-order valence-electron chi connectivity index (χ0n) is 16.0. The van der Waals surface area contributed by atoms with Crippen LogP contribution < -0.4 is 5.32 Å². The average Bonchev–Trinajstić information content (AvgIpc) is 3.23. The van der Waals surface area contributed by atoms with Crippen LogP contribution in [0, 0.1) is 6.92 Å². The normalized spacial score (nSPS) is 16.2. The van der Waals surface area contributed by atoms with Crippen molar-refractivity contribution in [3.05, 3.63) is 64.7 Å². The fourth-order valence-corrected chi connectivity index (χ4v) is 4.06. The Morgan fingerprint density at radius 2 is 2.07 bits per heavy atom. The number of likely N-dealkylation sites (tertiary alicyclic amines) is 1. The Morgan fingerprint density at radius 3 is 2.82 bits per heavy atom. The topological polar surface area (TPSA) is 58.4 Å². The maximum absolute atomic E-state index is 12.9. The molecule has 1 aliphatic heterocycles. The van der Waals surface area contributed by atoms with Gasteiger partial charge in [-0.2, -0.15) is 0 Å². The predicted molar refractivity (Wildman–Crippen MR) is 111 cm³/mol. The van der Waals surface area contributed by atoms with Gasteiger partial charge in [0.1, 0.15) is 5.76 Å². The van der Waals surface area contributed by atoms with Gasteiger partial charge in [0.05, 0.1) is 29.1 Å². The summed E-state index contributed by atoms with van der Waals surface area (Å²) in [6.45, 7) is 4.41. The van der Waals surface area contributed by atoms with Gasteiger partial charge in [0.2, 0.25) is 0 Å². The fraction of sp³-hybridized carbons (Fsp3) is 0.364. The minimum absolute atomic E-state index is 0.0439. The van der Waals surface area contributed by atoms with Crippen molar-refractivity contribution < 1.29 is 9.21 Å². The number of aryl methyl sites for hydroxylation is 1. The number of carbonyl (C=O) groups excluding carboxylic acids is 1. The second-order valence-electron chi connectivity index (χ2n) is 7.30. The molecule has 0 bridgehead atoms. The molecule has 28 heavy (non-hydrogen) atoms. The second kappa shape index (κ2) is 8.33. The van der Waals surface area contributed by atoms with E-state index in [4.69, 9.17) is 16.0 Å². The van der Waals surface area contributed by atoms with Crippen LogP contribution in [0.5, 0.6) is 0 Å². The summed E-state index contributed by atoms with van der Waals surface area (Å²) < 4.78 is 5.66. The summed E-state index contributed by atoms with van der Waals surface area (Å²) in [4.78, 5) is 19.9. The van der Waals surface area contributed by atoms with Crippen molar-refractivity contribution in [2.24, 2.45) is 0 Å². The summed E-state index contributed by atoms with van der Waals surface area (Å²) in [5.74, 6) is 0.766. The van der Waals surface area contributed by atoms with Gasteiger partial charge in [0.15, 0.2) is 0 Å². The highest BCUT2D eigenvalue weighted by atomic mass is 35.5. The SMILES string of the molecule is Cc1nc2ccc(Cl)cc2cc1C(=O)NCC(c1ccco1)N1CCCCC1. The number of furan rings is 1. The summed E-state index contributed by atoms with van der Waals surface area (Å²) in [7, 11) is 0. The number of benzene rings is 1. The van der Waals surface area contributed by atoms with E-state index in [1.807, 2.05) is 43.3 Å². The Labute approximate surface area is 169 Å². The maximum Gasteiger partial charge on any atom is 0.253 e. The molecule has 4 rings (SSSR count). The molecule has 3 heterocycles. The van der Waals surface area contributed by atoms with E-state index < -0.39 is 0 Å². The van der Waals surface area contributed by atoms with Crippen LogP contribution in [0.25, 0.3) is 10.9 Å². The Kier molecular flexibility index (Phi) is 5.64. The summed E-state index contributed by atoms with van der Waals surface area (Å²) in [5.41, 5.74) is 2.12. The minimum atomic E-state index is -0.125. The molecule has 0 spiro atoms. The first-order chi connectivity index (χ1) is 13.6. The van der Waals surface area contributed by atoms with Gasteiger partial charge in [0.25, 0.3) is 5.91 Å². The van der Waals surface area contributed by atoms with Crippen molar-refractivity contribution in [2.45, 2.75) is 32.2 Å². The number of pyridine rings is 1. The largest absolute Gasteiger partial charge is 0.468 e. The van der Waals surface area contributed by atoms with Crippen LogP contribution in [-0.4, -0.2) is 35.4 Å². The number of rotatable bonds is 5. The third-order valence-electron chi connectivity index (χ3n) is 5.37. The molecule has 3 aromatic rings. The zero-order valence-corrected chi connectivity index (χ0v) is 16.7. The van der Waals surface area contributed by atoms with Crippen LogP contribution in [-0.2, 0) is 0 Å². The molecule has 1 saturated heterocycles. The highest BCUT2D eigenvalue weighted by molar-refractivity contribution is 6.31. The molecule has 6 heteroatoms. The van der Waals surface area contributed by atoms with Crippen LogP contribution in [0.2, 0.25) is 5.02 Å². The molecule has 0 saturated carbocycles. The highest BCUT2D eigenvalue weighted by Gasteiger charge is 2.25. The van der Waals surface area contributed by atoms with Crippen LogP contribution in [0.4, 0.5) is 0 Å². The third kappa shape index (κ3) is 4.05. The molecule has 0 radical (unpaired) electrons. The first-order valence-corrected chi connectivity index (χ1v) is 10.1. The number of amides is 1. The number of halogens is 1. The second-order valence-corrected chi connectivity index (χ2v) is 7.73. The predicted octanol–water partition coefficient (Wildman–Crippen LogP) is 4.75. The molecular formula is C22H24ClN3O2. The van der Waals surface area contributed by atoms with Crippen LogP contribution in [0.3, 0.4) is 0 Å². The van der Waals surface area contributed by atoms with Crippen molar-refractivity contribution in [1.82, 2.24) is 15.2 Å². The molecule has 146 valence electrons. The molecule has 5 nitrogen and oxygen atoms in total. The van der Waals surface area contributed by atoms with E-state index in [9.17, 15) is 4.79 Å². The Morgan fingerprint density at radius 1 is 1.25 bits per heavy atom. The van der Waals surface area contributed by atoms with Gasteiger partial charge in [0, 0.05) is 17.0 Å². The number of hydrogen-bond donors (Lipinski definition) is 1. The molecule has 1 atom stereocenters. The molecule has 1 aromatic carbocycles. The van der Waals surface area contributed by atoms with Crippen LogP contribution >= 0.6 is 11.6 Å². The quantitative estimate of drug-likeness (QED) is 0.675. The number of carbonyl (C=O) groups is 1. The lowest BCUT2D eigenvalue weighted by molar-refractivity contribution is 0.0913. The van der Waals surface area contributed by atoms with Crippen LogP contribution in [0.15, 0.2) is 47.1 Å². The van der Waals surface area contributed by atoms with E-state index in [0.717, 1.165) is 29.8 Å². The van der Waals surface area contributed by atoms with Gasteiger partial charge >= 0.3 is 0 Å². The maximum atomic E-state index is 12.9. The van der Waals surface area contributed by atoms with E-state index in [0.29, 0.717) is 22.8 Å². The Bertz CT molecular complexity index is 965. The van der Waals surface area contributed by atoms with Crippen molar-refractivity contribution in [1.29, 1.82) is 0 Å². The van der Waals surface area contributed by atoms with E-state index >= 15 is 0 Å². The molecule has 2 aromatic heterocycles. The van der Waals surface area contributed by atoms with Crippen LogP contribution in [0.1, 0.15) is 47.1 Å². The lowest BCUT2D eigenvalue weighted by Crippen LogP contribution is -2.40. The minimum Gasteiger partial charge on any atom is -0.468 e. The molecule has 0 aliphatic carbocycles. The van der Waals surface area contributed by atoms with Crippen molar-refractivity contribution in [3.63, 3.8) is 0 Å². The monoisotopic (exact) mass is 397 g/mol. The molecule has 1 unspecified atom stereocenters. The molecular weight excluding hydrogens is 374 g/mol. The van der Waals surface area contributed by atoms with Crippen molar-refractivity contribution in [3.8, 4) is 0 Å². The van der Waals surface area contributed by atoms with Gasteiger partial charge in [-0.25, -0.2) is 0 Å². The average molecular weight is 398 g/mol. The number of aromatic nitrogens is 1. The standard InChI is InChI=1S/C22H24ClN3O2/c1-15-18(13-16-12-17(23)7-8-19(16)25-15)22(27)24-14-20(21-6-5-11-28-21)26-9-3-2-4-10-26/h5-8,11-13,20H,2-4,9-10,14H2,1H3,(H,24,27). The third-order valence-corrected chi connectivity index (χ3v) is 5.61. The first kappa shape index (κ1) is 19.0. The van der Waals surface area contributed by atoms with Gasteiger partial charge in [-0.05, 0) is 69.3 Å². The molecule has 1 N–H and O–H groups in total. The first-order valence-electron chi connectivity index (χ1n) is 9.74. The molecule has 1 amide bonds. The summed E-state index contributed by atoms with van der Waals surface area (Å²) in [6.07, 6.45) is 5.31. The number of nitrogens with zero attached hydrogens (tertiary/aromatic N) is 2. The van der Waals surface area contributed by atoms with Gasteiger partial charge < -0.3 is 9.73 Å². The summed E-state index contributed by atoms with van der Waals surface area (Å²) >= 11 is 6.09. The number of nitrogens with one attached hydrogen (secondary N) is 1. The lowest BCUT2D eigenvalue weighted by Gasteiger charge is -2.33. The van der Waals surface area contributed by atoms with E-state index in [1.165, 1.54) is 19.3 Å². The van der Waals surface area contributed by atoms with Gasteiger partial charge in [-0.3, -0.25) is 14.7 Å². The van der Waals surface area contributed by atoms with Gasteiger partial charge in [-0.15, -0.1) is 0 Å². The van der Waals surface area contributed by atoms with E-state index in [1.54, 1.807) is 6.26 Å². The highest BCUT2D eigenvalue weighted by Crippen LogP contribution is 2.25. The van der Waals surface area contributed by atoms with E-state index in [-0.39, 0.29) is 11.9 Å². The van der Waals surface area contributed by atoms with Gasteiger partial charge in [-0.1, -0.05) is 18.0 Å². The zero-order chi connectivity index (χ0) is 19.5. The number of piperidine rings is 1. The summed E-state index contributed by atoms with van der Waals surface area (Å²) in [5, 5.41) is 4.59. The smallest absolute Gasteiger partial charge is 0.253 e. The van der Waals surface area contributed by atoms with Crippen molar-refractivity contribution >= 4 is 28.4 Å². The van der Waals surface area contributed by atoms with E-state index in [2.05, 4.69) is 15.2 Å². The summed E-state index contributed by atoms with van der Waals surface area (Å²) in [6, 6.07) is 11.3. The Balaban J connectivity index is 1.53. The number of hydrogen-bond acceptors (Lipinski definition) is 4. The molecule has 1 fully saturated rings. The fourth-order valence-electron chi connectivity index (χ4n) is 3.88. The van der Waals surface area contributed by atoms with Crippen molar-refractivity contribution in [2.75, 3.05) is 19.6 Å². The molecule has 1 aliphatic rings. The lowest BCUT2D eigenvalue weighted by atomic mass is 10.1.